The van der Waals surface area contributed by atoms with Crippen molar-refractivity contribution in [3.05, 3.63) is 39.9 Å². The van der Waals surface area contributed by atoms with Crippen LogP contribution in [0.2, 0.25) is 0 Å². The number of para-hydroxylation sites is 1. The van der Waals surface area contributed by atoms with Gasteiger partial charge in [-0.05, 0) is 13.8 Å². The Morgan fingerprint density at radius 1 is 1.35 bits per heavy atom. The summed E-state index contributed by atoms with van der Waals surface area (Å²) in [5.74, 6) is -0.482. The van der Waals surface area contributed by atoms with Gasteiger partial charge in [0.15, 0.2) is 0 Å². The molecule has 20 heavy (non-hydrogen) atoms. The molecule has 0 radical (unpaired) electrons. The maximum Gasteiger partial charge on any atom is 0.273 e. The Bertz CT molecular complexity index is 598. The summed E-state index contributed by atoms with van der Waals surface area (Å²) in [4.78, 5) is 10.3. The van der Waals surface area contributed by atoms with E-state index in [1.165, 1.54) is 25.2 Å². The molecule has 0 aliphatic heterocycles. The Labute approximate surface area is 118 Å². The van der Waals surface area contributed by atoms with E-state index in [9.17, 15) is 23.6 Å². The Kier molecular flexibility index (Phi) is 4.85. The number of benzene rings is 1. The van der Waals surface area contributed by atoms with Crippen molar-refractivity contribution >= 4 is 15.7 Å². The van der Waals surface area contributed by atoms with Crippen LogP contribution in [0.5, 0.6) is 0 Å². The lowest BCUT2D eigenvalue weighted by Gasteiger charge is -2.32. The molecular weight excluding hydrogens is 284 g/mol. The third-order valence-electron chi connectivity index (χ3n) is 3.18. The number of aliphatic hydroxyl groups excluding tert-OH is 1. The van der Waals surface area contributed by atoms with Gasteiger partial charge in [-0.15, -0.1) is 0 Å². The second-order valence-electron chi connectivity index (χ2n) is 5.08. The van der Waals surface area contributed by atoms with Gasteiger partial charge in [-0.2, -0.15) is 4.31 Å². The standard InChI is InChI=1S/C12H18N2O5S/c1-12(2,9-15)13(3)20(18,19)8-10-6-4-5-7-11(10)14(16)17/h4-7,15H,8-9H2,1-3H3. The van der Waals surface area contributed by atoms with Crippen molar-refractivity contribution in [1.82, 2.24) is 4.31 Å². The zero-order valence-electron chi connectivity index (χ0n) is 11.6. The van der Waals surface area contributed by atoms with Crippen molar-refractivity contribution in [3.63, 3.8) is 0 Å². The Balaban J connectivity index is 3.13. The topological polar surface area (TPSA) is 101 Å². The molecule has 8 heteroatoms. The second kappa shape index (κ2) is 5.86. The molecule has 7 nitrogen and oxygen atoms in total. The van der Waals surface area contributed by atoms with E-state index in [-0.39, 0.29) is 17.9 Å². The smallest absolute Gasteiger partial charge is 0.273 e. The monoisotopic (exact) mass is 302 g/mol. The maximum absolute atomic E-state index is 12.3. The van der Waals surface area contributed by atoms with Gasteiger partial charge in [-0.25, -0.2) is 8.42 Å². The van der Waals surface area contributed by atoms with Crippen molar-refractivity contribution in [2.24, 2.45) is 0 Å². The molecule has 0 aliphatic rings. The van der Waals surface area contributed by atoms with E-state index in [4.69, 9.17) is 0 Å². The van der Waals surface area contributed by atoms with Crippen molar-refractivity contribution in [1.29, 1.82) is 0 Å². The van der Waals surface area contributed by atoms with Gasteiger partial charge in [0.25, 0.3) is 5.69 Å². The predicted molar refractivity (Wildman–Crippen MR) is 74.6 cm³/mol. The average molecular weight is 302 g/mol. The Morgan fingerprint density at radius 3 is 2.40 bits per heavy atom. The number of aliphatic hydroxyl groups is 1. The highest BCUT2D eigenvalue weighted by Gasteiger charge is 2.33. The van der Waals surface area contributed by atoms with E-state index in [1.807, 2.05) is 0 Å². The van der Waals surface area contributed by atoms with Gasteiger partial charge in [-0.1, -0.05) is 18.2 Å². The van der Waals surface area contributed by atoms with E-state index in [0.29, 0.717) is 0 Å². The molecule has 0 fully saturated rings. The van der Waals surface area contributed by atoms with Gasteiger partial charge in [-0.3, -0.25) is 10.1 Å². The fourth-order valence-electron chi connectivity index (χ4n) is 1.58. The summed E-state index contributed by atoms with van der Waals surface area (Å²) in [6, 6.07) is 5.71. The maximum atomic E-state index is 12.3. The third-order valence-corrected chi connectivity index (χ3v) is 5.19. The summed E-state index contributed by atoms with van der Waals surface area (Å²) in [7, 11) is -2.42. The number of hydrogen-bond acceptors (Lipinski definition) is 5. The SMILES string of the molecule is CN(C(C)(C)CO)S(=O)(=O)Cc1ccccc1[N+](=O)[O-]. The number of likely N-dealkylation sites (N-methyl/N-ethyl adjacent to an activating group) is 1. The van der Waals surface area contributed by atoms with Crippen LogP contribution in [-0.2, 0) is 15.8 Å². The quantitative estimate of drug-likeness (QED) is 0.627. The Morgan fingerprint density at radius 2 is 1.90 bits per heavy atom. The molecule has 0 aliphatic carbocycles. The van der Waals surface area contributed by atoms with E-state index in [0.717, 1.165) is 4.31 Å². The van der Waals surface area contributed by atoms with Crippen LogP contribution in [0.25, 0.3) is 0 Å². The van der Waals surface area contributed by atoms with Crippen molar-refractivity contribution < 1.29 is 18.4 Å². The highest BCUT2D eigenvalue weighted by atomic mass is 32.2. The molecule has 0 aromatic heterocycles. The second-order valence-corrected chi connectivity index (χ2v) is 7.08. The molecule has 0 saturated carbocycles. The summed E-state index contributed by atoms with van der Waals surface area (Å²) in [5.41, 5.74) is -1.08. The first kappa shape index (κ1) is 16.5. The molecule has 1 aromatic rings. The first-order valence-corrected chi connectivity index (χ1v) is 7.52. The number of nitrogens with zero attached hydrogens (tertiary/aromatic N) is 2. The zero-order chi connectivity index (χ0) is 15.6. The molecule has 0 amide bonds. The number of nitro groups is 1. The van der Waals surface area contributed by atoms with Crippen LogP contribution in [0.15, 0.2) is 24.3 Å². The highest BCUT2D eigenvalue weighted by molar-refractivity contribution is 7.88. The van der Waals surface area contributed by atoms with E-state index in [1.54, 1.807) is 19.9 Å². The molecule has 1 aromatic carbocycles. The number of nitro benzene ring substituents is 1. The summed E-state index contributed by atoms with van der Waals surface area (Å²) in [6.45, 7) is 2.80. The van der Waals surface area contributed by atoms with Crippen LogP contribution in [-0.4, -0.2) is 41.9 Å². The number of hydrogen-bond donors (Lipinski definition) is 1. The minimum atomic E-state index is -3.77. The van der Waals surface area contributed by atoms with Crippen LogP contribution in [0, 0.1) is 10.1 Å². The fourth-order valence-corrected chi connectivity index (χ4v) is 3.22. The van der Waals surface area contributed by atoms with Crippen molar-refractivity contribution in [2.45, 2.75) is 25.1 Å². The highest BCUT2D eigenvalue weighted by Crippen LogP contribution is 2.24. The van der Waals surface area contributed by atoms with Gasteiger partial charge in [0.2, 0.25) is 10.0 Å². The predicted octanol–water partition coefficient (Wildman–Crippen LogP) is 1.13. The molecule has 1 N–H and O–H groups in total. The van der Waals surface area contributed by atoms with Gasteiger partial charge in [0, 0.05) is 18.7 Å². The zero-order valence-corrected chi connectivity index (χ0v) is 12.4. The van der Waals surface area contributed by atoms with Crippen molar-refractivity contribution in [3.8, 4) is 0 Å². The van der Waals surface area contributed by atoms with Gasteiger partial charge >= 0.3 is 0 Å². The summed E-state index contributed by atoms with van der Waals surface area (Å²) in [6.07, 6.45) is 0. The lowest BCUT2D eigenvalue weighted by molar-refractivity contribution is -0.385. The van der Waals surface area contributed by atoms with Crippen LogP contribution in [0.3, 0.4) is 0 Å². The number of sulfonamides is 1. The summed E-state index contributed by atoms with van der Waals surface area (Å²) >= 11 is 0. The van der Waals surface area contributed by atoms with Crippen LogP contribution in [0.4, 0.5) is 5.69 Å². The fraction of sp³-hybridized carbons (Fsp3) is 0.500. The molecule has 0 unspecified atom stereocenters. The van der Waals surface area contributed by atoms with E-state index in [2.05, 4.69) is 0 Å². The normalized spacial score (nSPS) is 12.7. The molecule has 0 atom stereocenters. The Hall–Kier alpha value is -1.51. The minimum Gasteiger partial charge on any atom is -0.394 e. The first-order chi connectivity index (χ1) is 9.12. The molecule has 0 bridgehead atoms. The lowest BCUT2D eigenvalue weighted by Crippen LogP contribution is -2.47. The van der Waals surface area contributed by atoms with Crippen LogP contribution in [0.1, 0.15) is 19.4 Å². The molecule has 0 heterocycles. The molecule has 0 spiro atoms. The largest absolute Gasteiger partial charge is 0.394 e. The van der Waals surface area contributed by atoms with E-state index < -0.39 is 26.2 Å². The summed E-state index contributed by atoms with van der Waals surface area (Å²) < 4.78 is 25.6. The molecule has 1 rings (SSSR count). The number of rotatable bonds is 6. The minimum absolute atomic E-state index is 0.123. The van der Waals surface area contributed by atoms with E-state index >= 15 is 0 Å². The first-order valence-electron chi connectivity index (χ1n) is 5.91. The van der Waals surface area contributed by atoms with Crippen LogP contribution >= 0.6 is 0 Å². The van der Waals surface area contributed by atoms with Gasteiger partial charge < -0.3 is 5.11 Å². The molecule has 112 valence electrons. The van der Waals surface area contributed by atoms with Gasteiger partial charge in [0.05, 0.1) is 22.8 Å². The van der Waals surface area contributed by atoms with Crippen LogP contribution < -0.4 is 0 Å². The molecule has 0 saturated heterocycles. The van der Waals surface area contributed by atoms with Gasteiger partial charge in [0.1, 0.15) is 0 Å². The average Bonchev–Trinajstić information content (AvgIpc) is 2.37. The molecular formula is C12H18N2O5S. The third kappa shape index (κ3) is 3.53. The lowest BCUT2D eigenvalue weighted by atomic mass is 10.1. The summed E-state index contributed by atoms with van der Waals surface area (Å²) in [5, 5.41) is 20.1. The van der Waals surface area contributed by atoms with Crippen molar-refractivity contribution in [2.75, 3.05) is 13.7 Å².